The first-order chi connectivity index (χ1) is 16.1. The van der Waals surface area contributed by atoms with Gasteiger partial charge >= 0.3 is 6.36 Å². The van der Waals surface area contributed by atoms with E-state index in [1.54, 1.807) is 0 Å². The first-order valence-corrected chi connectivity index (χ1v) is 11.7. The molecule has 3 aliphatic rings. The molecule has 186 valence electrons. The second-order valence-corrected chi connectivity index (χ2v) is 9.57. The van der Waals surface area contributed by atoms with E-state index in [0.717, 1.165) is 50.8 Å². The molecule has 34 heavy (non-hydrogen) atoms. The van der Waals surface area contributed by atoms with E-state index in [9.17, 15) is 13.2 Å². The fourth-order valence-electron chi connectivity index (χ4n) is 4.77. The van der Waals surface area contributed by atoms with E-state index in [4.69, 9.17) is 20.9 Å². The summed E-state index contributed by atoms with van der Waals surface area (Å²) in [6.45, 7) is 6.83. The van der Waals surface area contributed by atoms with Crippen molar-refractivity contribution < 1.29 is 22.6 Å². The van der Waals surface area contributed by atoms with Crippen LogP contribution in [0.1, 0.15) is 45.1 Å². The summed E-state index contributed by atoms with van der Waals surface area (Å²) in [6, 6.07) is 1.74. The topological polar surface area (TPSA) is 96.8 Å². The van der Waals surface area contributed by atoms with Crippen molar-refractivity contribution in [1.82, 2.24) is 9.88 Å². The molecule has 3 N–H and O–H groups in total. The van der Waals surface area contributed by atoms with Gasteiger partial charge in [0.15, 0.2) is 11.6 Å². The number of anilines is 1. The van der Waals surface area contributed by atoms with E-state index in [1.165, 1.54) is 17.3 Å². The van der Waals surface area contributed by atoms with Crippen LogP contribution in [0.2, 0.25) is 0 Å². The Morgan fingerprint density at radius 1 is 1.41 bits per heavy atom. The van der Waals surface area contributed by atoms with E-state index in [0.29, 0.717) is 17.9 Å². The molecule has 1 aromatic heterocycles. The summed E-state index contributed by atoms with van der Waals surface area (Å²) in [6.07, 6.45) is -0.420. The fraction of sp³-hybridized carbons (Fsp3) is 0.625. The zero-order valence-electron chi connectivity index (χ0n) is 19.8. The largest absolute Gasteiger partial charge is 0.573 e. The van der Waals surface area contributed by atoms with Crippen molar-refractivity contribution in [2.45, 2.75) is 58.0 Å². The van der Waals surface area contributed by atoms with Gasteiger partial charge in [0.2, 0.25) is 0 Å². The molecule has 1 aliphatic heterocycles. The molecule has 1 saturated heterocycles. The molecule has 3 atom stereocenters. The Morgan fingerprint density at radius 2 is 2.15 bits per heavy atom. The molecule has 1 saturated carbocycles. The molecular weight excluding hydrogens is 447 g/mol. The molecule has 10 heteroatoms. The minimum atomic E-state index is -4.88. The number of pyridine rings is 1. The average Bonchev–Trinajstić information content (AvgIpc) is 3.23. The maximum absolute atomic E-state index is 12.7. The SMILES string of the molecule is CCC(C)N=C(CC(=N)c1cnc(N)c(OC(F)(F)F)c1)C1=C2CC(N(C)CC3COC3)CC21. The first-order valence-electron chi connectivity index (χ1n) is 11.7. The first kappa shape index (κ1) is 24.7. The van der Waals surface area contributed by atoms with Crippen LogP contribution in [0.25, 0.3) is 0 Å². The van der Waals surface area contributed by atoms with Gasteiger partial charge in [0.1, 0.15) is 0 Å². The molecule has 0 spiro atoms. The van der Waals surface area contributed by atoms with Crippen LogP contribution in [0.4, 0.5) is 19.0 Å². The van der Waals surface area contributed by atoms with Crippen molar-refractivity contribution in [3.05, 3.63) is 29.0 Å². The number of hydrogen-bond donors (Lipinski definition) is 2. The minimum Gasteiger partial charge on any atom is -0.402 e. The summed E-state index contributed by atoms with van der Waals surface area (Å²) < 4.78 is 47.3. The lowest BCUT2D eigenvalue weighted by Gasteiger charge is -2.33. The lowest BCUT2D eigenvalue weighted by atomic mass is 9.99. The summed E-state index contributed by atoms with van der Waals surface area (Å²) in [5.74, 6) is 0.0587. The number of nitrogen functional groups attached to an aromatic ring is 1. The highest BCUT2D eigenvalue weighted by atomic mass is 19.4. The summed E-state index contributed by atoms with van der Waals surface area (Å²) in [5, 5.41) is 8.56. The van der Waals surface area contributed by atoms with Crippen LogP contribution in [0, 0.1) is 17.2 Å². The number of aromatic nitrogens is 1. The normalized spacial score (nSPS) is 23.7. The summed E-state index contributed by atoms with van der Waals surface area (Å²) in [5.41, 5.74) is 9.42. The van der Waals surface area contributed by atoms with Gasteiger partial charge in [-0.05, 0) is 44.9 Å². The minimum absolute atomic E-state index is 0.1000. The van der Waals surface area contributed by atoms with Gasteiger partial charge in [-0.25, -0.2) is 4.98 Å². The second kappa shape index (κ2) is 9.65. The molecule has 1 aromatic rings. The predicted octanol–water partition coefficient (Wildman–Crippen LogP) is 4.23. The zero-order valence-corrected chi connectivity index (χ0v) is 19.8. The van der Waals surface area contributed by atoms with Crippen molar-refractivity contribution in [2.24, 2.45) is 16.8 Å². The third kappa shape index (κ3) is 5.60. The van der Waals surface area contributed by atoms with E-state index in [2.05, 4.69) is 28.6 Å². The van der Waals surface area contributed by atoms with Crippen molar-refractivity contribution in [1.29, 1.82) is 5.41 Å². The Morgan fingerprint density at radius 3 is 2.71 bits per heavy atom. The third-order valence-corrected chi connectivity index (χ3v) is 6.95. The van der Waals surface area contributed by atoms with Crippen LogP contribution in [-0.4, -0.2) is 66.6 Å². The molecule has 3 unspecified atom stereocenters. The Bertz CT molecular complexity index is 1000. The Balaban J connectivity index is 1.47. The highest BCUT2D eigenvalue weighted by molar-refractivity contribution is 6.19. The van der Waals surface area contributed by atoms with Gasteiger partial charge in [-0.1, -0.05) is 12.5 Å². The monoisotopic (exact) mass is 479 g/mol. The zero-order chi connectivity index (χ0) is 24.6. The number of nitrogens with one attached hydrogen (secondary N) is 1. The summed E-state index contributed by atoms with van der Waals surface area (Å²) in [4.78, 5) is 11.1. The van der Waals surface area contributed by atoms with Gasteiger partial charge < -0.3 is 25.5 Å². The van der Waals surface area contributed by atoms with Crippen LogP contribution in [0.3, 0.4) is 0 Å². The molecule has 7 nitrogen and oxygen atoms in total. The summed E-state index contributed by atoms with van der Waals surface area (Å²) in [7, 11) is 2.17. The number of aliphatic imine (C=N–C) groups is 1. The van der Waals surface area contributed by atoms with E-state index in [-0.39, 0.29) is 29.6 Å². The molecule has 2 aliphatic carbocycles. The maximum Gasteiger partial charge on any atom is 0.573 e. The van der Waals surface area contributed by atoms with E-state index in [1.807, 2.05) is 6.92 Å². The molecule has 2 fully saturated rings. The maximum atomic E-state index is 12.7. The van der Waals surface area contributed by atoms with Gasteiger partial charge in [-0.2, -0.15) is 0 Å². The number of nitrogens with zero attached hydrogens (tertiary/aromatic N) is 3. The van der Waals surface area contributed by atoms with Gasteiger partial charge in [-0.3, -0.25) is 4.99 Å². The molecule has 0 bridgehead atoms. The number of fused-ring (bicyclic) bond motifs is 1. The summed E-state index contributed by atoms with van der Waals surface area (Å²) >= 11 is 0. The highest BCUT2D eigenvalue weighted by Crippen LogP contribution is 2.54. The van der Waals surface area contributed by atoms with Gasteiger partial charge in [0.25, 0.3) is 0 Å². The second-order valence-electron chi connectivity index (χ2n) is 9.57. The number of rotatable bonds is 10. The van der Waals surface area contributed by atoms with E-state index >= 15 is 0 Å². The molecular formula is C24H32F3N5O2. The van der Waals surface area contributed by atoms with Gasteiger partial charge in [0, 0.05) is 60.1 Å². The number of allylic oxidation sites excluding steroid dienone is 1. The Hall–Kier alpha value is -2.46. The number of ether oxygens (including phenoxy) is 2. The Kier molecular flexibility index (Phi) is 7.00. The third-order valence-electron chi connectivity index (χ3n) is 6.95. The molecule has 2 heterocycles. The highest BCUT2D eigenvalue weighted by Gasteiger charge is 2.48. The predicted molar refractivity (Wildman–Crippen MR) is 124 cm³/mol. The molecule has 0 radical (unpaired) electrons. The molecule has 0 amide bonds. The van der Waals surface area contributed by atoms with E-state index < -0.39 is 12.1 Å². The van der Waals surface area contributed by atoms with Crippen molar-refractivity contribution >= 4 is 17.2 Å². The lowest BCUT2D eigenvalue weighted by molar-refractivity contribution is -0.274. The van der Waals surface area contributed by atoms with Crippen LogP contribution < -0.4 is 10.5 Å². The Labute approximate surface area is 197 Å². The smallest absolute Gasteiger partial charge is 0.402 e. The van der Waals surface area contributed by atoms with Crippen LogP contribution in [-0.2, 0) is 4.74 Å². The quantitative estimate of drug-likeness (QED) is 0.490. The van der Waals surface area contributed by atoms with Crippen molar-refractivity contribution in [3.63, 3.8) is 0 Å². The van der Waals surface area contributed by atoms with Crippen molar-refractivity contribution in [3.8, 4) is 5.75 Å². The van der Waals surface area contributed by atoms with Crippen LogP contribution in [0.15, 0.2) is 28.4 Å². The fourth-order valence-corrected chi connectivity index (χ4v) is 4.77. The number of alkyl halides is 3. The van der Waals surface area contributed by atoms with Crippen LogP contribution in [0.5, 0.6) is 5.75 Å². The average molecular weight is 480 g/mol. The molecule has 4 rings (SSSR count). The van der Waals surface area contributed by atoms with Crippen molar-refractivity contribution in [2.75, 3.05) is 32.5 Å². The lowest BCUT2D eigenvalue weighted by Crippen LogP contribution is -2.41. The number of hydrogen-bond acceptors (Lipinski definition) is 7. The van der Waals surface area contributed by atoms with Crippen LogP contribution >= 0.6 is 0 Å². The molecule has 0 aromatic carbocycles. The number of halogens is 3. The standard InChI is InChI=1S/C24H32F3N5O2/c1-4-13(2)31-20(8-19(28)15-5-21(23(29)30-9-15)34-24(25,26)27)22-17-6-16(7-18(17)22)32(3)10-14-11-33-12-14/h5,9,13-14,16-17,28H,4,6-8,10-12H2,1-3H3,(H2,29,30). The van der Waals surface area contributed by atoms with Gasteiger partial charge in [-0.15, -0.1) is 13.2 Å². The van der Waals surface area contributed by atoms with Gasteiger partial charge in [0.05, 0.1) is 13.2 Å². The number of nitrogens with two attached hydrogens (primary N) is 1.